The highest BCUT2D eigenvalue weighted by Gasteiger charge is 2.25. The van der Waals surface area contributed by atoms with Crippen molar-refractivity contribution in [2.24, 2.45) is 0 Å². The molecule has 0 saturated heterocycles. The highest BCUT2D eigenvalue weighted by Crippen LogP contribution is 2.15. The number of hydrogen-bond donors (Lipinski definition) is 1. The van der Waals surface area contributed by atoms with Crippen LogP contribution >= 0.6 is 0 Å². The van der Waals surface area contributed by atoms with Gasteiger partial charge in [0.1, 0.15) is 5.72 Å². The van der Waals surface area contributed by atoms with Crippen LogP contribution in [0.4, 0.5) is 0 Å². The van der Waals surface area contributed by atoms with Gasteiger partial charge in [-0.15, -0.1) is 0 Å². The van der Waals surface area contributed by atoms with E-state index in [0.29, 0.717) is 6.04 Å². The van der Waals surface area contributed by atoms with E-state index in [1.165, 1.54) is 0 Å². The van der Waals surface area contributed by atoms with E-state index in [-0.39, 0.29) is 0 Å². The third-order valence-corrected chi connectivity index (χ3v) is 2.17. The molecule has 1 N–H and O–H groups in total. The van der Waals surface area contributed by atoms with Gasteiger partial charge in [0.15, 0.2) is 0 Å². The summed E-state index contributed by atoms with van der Waals surface area (Å²) in [5.41, 5.74) is -0.676. The normalized spacial score (nSPS) is 15.5. The largest absolute Gasteiger partial charge is 0.376 e. The zero-order chi connectivity index (χ0) is 9.07. The third-order valence-electron chi connectivity index (χ3n) is 2.17. The lowest BCUT2D eigenvalue weighted by Crippen LogP contribution is -2.48. The second-order valence-electron chi connectivity index (χ2n) is 3.54. The van der Waals surface area contributed by atoms with Crippen molar-refractivity contribution in [1.82, 2.24) is 4.90 Å². The van der Waals surface area contributed by atoms with Crippen LogP contribution in [0.2, 0.25) is 0 Å². The maximum atomic E-state index is 9.70. The quantitative estimate of drug-likeness (QED) is 0.633. The molecule has 0 bridgehead atoms. The Morgan fingerprint density at radius 3 is 1.91 bits per heavy atom. The summed E-state index contributed by atoms with van der Waals surface area (Å²) in [6.07, 6.45) is 1.08. The molecule has 0 rings (SSSR count). The molecule has 0 fully saturated rings. The summed E-state index contributed by atoms with van der Waals surface area (Å²) in [5.74, 6) is 0. The van der Waals surface area contributed by atoms with Gasteiger partial charge in [0.2, 0.25) is 0 Å². The minimum absolute atomic E-state index is 0.458. The Kier molecular flexibility index (Phi) is 4.04. The van der Waals surface area contributed by atoms with E-state index in [4.69, 9.17) is 0 Å². The van der Waals surface area contributed by atoms with E-state index in [1.54, 1.807) is 0 Å². The summed E-state index contributed by atoms with van der Waals surface area (Å²) in [6, 6.07) is 0.458. The van der Waals surface area contributed by atoms with Crippen molar-refractivity contribution in [3.63, 3.8) is 0 Å². The Hall–Kier alpha value is -0.0800. The van der Waals surface area contributed by atoms with Crippen LogP contribution in [0.1, 0.15) is 41.0 Å². The Labute approximate surface area is 70.2 Å². The van der Waals surface area contributed by atoms with E-state index in [2.05, 4.69) is 25.7 Å². The van der Waals surface area contributed by atoms with Gasteiger partial charge in [-0.1, -0.05) is 13.8 Å². The highest BCUT2D eigenvalue weighted by atomic mass is 16.3. The summed E-state index contributed by atoms with van der Waals surface area (Å²) >= 11 is 0. The van der Waals surface area contributed by atoms with Crippen molar-refractivity contribution < 1.29 is 5.11 Å². The molecule has 2 nitrogen and oxygen atoms in total. The molecule has 0 aromatic rings. The molecule has 0 aliphatic rings. The minimum atomic E-state index is -0.676. The lowest BCUT2D eigenvalue weighted by Gasteiger charge is -2.37. The van der Waals surface area contributed by atoms with Gasteiger partial charge in [0.25, 0.3) is 0 Å². The molecule has 0 heterocycles. The van der Waals surface area contributed by atoms with Crippen molar-refractivity contribution in [3.05, 3.63) is 0 Å². The van der Waals surface area contributed by atoms with Crippen molar-refractivity contribution in [1.29, 1.82) is 0 Å². The average Bonchev–Trinajstić information content (AvgIpc) is 1.86. The van der Waals surface area contributed by atoms with Gasteiger partial charge in [-0.25, -0.2) is 0 Å². The van der Waals surface area contributed by atoms with Crippen LogP contribution in [-0.2, 0) is 0 Å². The molecule has 0 aromatic carbocycles. The monoisotopic (exact) mass is 159 g/mol. The van der Waals surface area contributed by atoms with Gasteiger partial charge in [-0.2, -0.15) is 0 Å². The van der Waals surface area contributed by atoms with E-state index >= 15 is 0 Å². The Morgan fingerprint density at radius 2 is 1.82 bits per heavy atom. The van der Waals surface area contributed by atoms with E-state index < -0.39 is 5.72 Å². The molecule has 68 valence electrons. The summed E-state index contributed by atoms with van der Waals surface area (Å²) in [5, 5.41) is 9.70. The fourth-order valence-corrected chi connectivity index (χ4v) is 1.46. The Bertz CT molecular complexity index is 107. The van der Waals surface area contributed by atoms with Crippen LogP contribution in [0.15, 0.2) is 0 Å². The number of hydrogen-bond acceptors (Lipinski definition) is 2. The molecule has 0 aliphatic carbocycles. The molecular weight excluding hydrogens is 138 g/mol. The van der Waals surface area contributed by atoms with Crippen LogP contribution in [0.5, 0.6) is 0 Å². The van der Waals surface area contributed by atoms with Crippen LogP contribution in [0, 0.1) is 0 Å². The minimum Gasteiger partial charge on any atom is -0.376 e. The number of aliphatic hydroxyl groups is 1. The second kappa shape index (κ2) is 4.07. The zero-order valence-corrected chi connectivity index (χ0v) is 8.39. The number of nitrogens with zero attached hydrogens (tertiary/aromatic N) is 1. The van der Waals surface area contributed by atoms with Gasteiger partial charge >= 0.3 is 0 Å². The molecule has 0 amide bonds. The summed E-state index contributed by atoms with van der Waals surface area (Å²) in [4.78, 5) is 2.09. The van der Waals surface area contributed by atoms with E-state index in [1.807, 2.05) is 13.8 Å². The Morgan fingerprint density at radius 1 is 1.36 bits per heavy atom. The van der Waals surface area contributed by atoms with Crippen molar-refractivity contribution in [3.8, 4) is 0 Å². The fraction of sp³-hybridized carbons (Fsp3) is 1.00. The summed E-state index contributed by atoms with van der Waals surface area (Å²) in [6.45, 7) is 10.9. The first-order valence-corrected chi connectivity index (χ1v) is 4.42. The maximum Gasteiger partial charge on any atom is 0.113 e. The third kappa shape index (κ3) is 3.21. The molecule has 1 atom stereocenters. The molecular formula is C9H21NO. The average molecular weight is 159 g/mol. The van der Waals surface area contributed by atoms with Crippen molar-refractivity contribution in [2.45, 2.75) is 52.8 Å². The van der Waals surface area contributed by atoms with Crippen LogP contribution < -0.4 is 0 Å². The van der Waals surface area contributed by atoms with Crippen LogP contribution in [-0.4, -0.2) is 28.3 Å². The summed E-state index contributed by atoms with van der Waals surface area (Å²) in [7, 11) is 0. The van der Waals surface area contributed by atoms with E-state index in [9.17, 15) is 5.11 Å². The van der Waals surface area contributed by atoms with Crippen LogP contribution in [0.25, 0.3) is 0 Å². The lowest BCUT2D eigenvalue weighted by atomic mass is 10.1. The molecule has 1 unspecified atom stereocenters. The second-order valence-corrected chi connectivity index (χ2v) is 3.54. The molecule has 0 radical (unpaired) electrons. The maximum absolute atomic E-state index is 9.70. The predicted octanol–water partition coefficient (Wildman–Crippen LogP) is 1.84. The van der Waals surface area contributed by atoms with Gasteiger partial charge in [-0.05, 0) is 33.7 Å². The molecule has 2 heteroatoms. The topological polar surface area (TPSA) is 23.5 Å². The number of rotatable bonds is 4. The fourth-order valence-electron chi connectivity index (χ4n) is 1.46. The van der Waals surface area contributed by atoms with Crippen molar-refractivity contribution >= 4 is 0 Å². The first kappa shape index (κ1) is 10.9. The van der Waals surface area contributed by atoms with Gasteiger partial charge in [0.05, 0.1) is 0 Å². The first-order chi connectivity index (χ1) is 4.93. The van der Waals surface area contributed by atoms with Crippen molar-refractivity contribution in [2.75, 3.05) is 6.54 Å². The molecule has 0 spiro atoms. The first-order valence-electron chi connectivity index (χ1n) is 4.42. The molecule has 0 aliphatic heterocycles. The molecule has 0 aromatic heterocycles. The van der Waals surface area contributed by atoms with E-state index in [0.717, 1.165) is 13.0 Å². The van der Waals surface area contributed by atoms with Gasteiger partial charge in [0, 0.05) is 6.04 Å². The standard InChI is InChI=1S/C9H21NO/c1-6-8(3)10(7-2)9(4,5)11/h8,11H,6-7H2,1-5H3. The predicted molar refractivity (Wildman–Crippen MR) is 48.4 cm³/mol. The highest BCUT2D eigenvalue weighted by molar-refractivity contribution is 4.73. The van der Waals surface area contributed by atoms with Gasteiger partial charge < -0.3 is 5.11 Å². The molecule has 0 saturated carbocycles. The lowest BCUT2D eigenvalue weighted by molar-refractivity contribution is -0.0954. The zero-order valence-electron chi connectivity index (χ0n) is 8.39. The van der Waals surface area contributed by atoms with Crippen LogP contribution in [0.3, 0.4) is 0 Å². The summed E-state index contributed by atoms with van der Waals surface area (Å²) < 4.78 is 0. The SMILES string of the molecule is CCC(C)N(CC)C(C)(C)O. The van der Waals surface area contributed by atoms with Gasteiger partial charge in [-0.3, -0.25) is 4.90 Å². The Balaban J connectivity index is 4.16. The molecule has 11 heavy (non-hydrogen) atoms. The smallest absolute Gasteiger partial charge is 0.113 e.